The van der Waals surface area contributed by atoms with E-state index in [1.165, 1.54) is 12.1 Å². The maximum absolute atomic E-state index is 13.0. The highest BCUT2D eigenvalue weighted by molar-refractivity contribution is 6.12. The Morgan fingerprint density at radius 2 is 1.90 bits per heavy atom. The standard InChI is InChI=1S/C21H21FN6O/c1-4-28-20-19(14(3)25-28)17(11-13(2)23-20)21(29)24-18-9-10-27(26-18)12-15-5-7-16(22)8-6-15/h5-11H,4,12H2,1-3H3,(H,24,26,29). The molecule has 8 heteroatoms. The van der Waals surface area contributed by atoms with Gasteiger partial charge in [-0.3, -0.25) is 9.48 Å². The first-order valence-corrected chi connectivity index (χ1v) is 9.38. The van der Waals surface area contributed by atoms with Crippen LogP contribution in [0.5, 0.6) is 0 Å². The minimum absolute atomic E-state index is 0.258. The number of anilines is 1. The van der Waals surface area contributed by atoms with Gasteiger partial charge in [0.2, 0.25) is 0 Å². The van der Waals surface area contributed by atoms with Crippen molar-refractivity contribution < 1.29 is 9.18 Å². The highest BCUT2D eigenvalue weighted by Gasteiger charge is 2.19. The normalized spacial score (nSPS) is 11.2. The Hall–Kier alpha value is -3.55. The van der Waals surface area contributed by atoms with Gasteiger partial charge < -0.3 is 5.32 Å². The first-order valence-electron chi connectivity index (χ1n) is 9.38. The van der Waals surface area contributed by atoms with Crippen LogP contribution in [0.25, 0.3) is 11.0 Å². The first kappa shape index (κ1) is 18.8. The van der Waals surface area contributed by atoms with E-state index in [4.69, 9.17) is 0 Å². The molecule has 0 radical (unpaired) electrons. The molecular formula is C21H21FN6O. The Balaban J connectivity index is 1.58. The number of amides is 1. The van der Waals surface area contributed by atoms with Crippen molar-refractivity contribution >= 4 is 22.8 Å². The van der Waals surface area contributed by atoms with Crippen molar-refractivity contribution in [2.24, 2.45) is 0 Å². The van der Waals surface area contributed by atoms with E-state index in [1.54, 1.807) is 39.8 Å². The SMILES string of the molecule is CCn1nc(C)c2c(C(=O)Nc3ccn(Cc4ccc(F)cc4)n3)cc(C)nc21. The summed E-state index contributed by atoms with van der Waals surface area (Å²) in [5, 5.41) is 12.5. The quantitative estimate of drug-likeness (QED) is 0.562. The number of benzene rings is 1. The number of nitrogens with one attached hydrogen (secondary N) is 1. The molecule has 0 aliphatic rings. The second kappa shape index (κ2) is 7.46. The Labute approximate surface area is 167 Å². The molecule has 0 spiro atoms. The lowest BCUT2D eigenvalue weighted by molar-refractivity contribution is 0.102. The number of pyridine rings is 1. The summed E-state index contributed by atoms with van der Waals surface area (Å²) in [6, 6.07) is 9.74. The summed E-state index contributed by atoms with van der Waals surface area (Å²) < 4.78 is 16.5. The summed E-state index contributed by atoms with van der Waals surface area (Å²) in [5.41, 5.74) is 3.66. The van der Waals surface area contributed by atoms with Crippen LogP contribution in [0.4, 0.5) is 10.2 Å². The van der Waals surface area contributed by atoms with Crippen molar-refractivity contribution in [3.8, 4) is 0 Å². The molecule has 1 amide bonds. The van der Waals surface area contributed by atoms with Gasteiger partial charge in [0, 0.05) is 24.5 Å². The van der Waals surface area contributed by atoms with Crippen LogP contribution < -0.4 is 5.32 Å². The molecule has 0 unspecified atom stereocenters. The molecular weight excluding hydrogens is 371 g/mol. The van der Waals surface area contributed by atoms with Crippen LogP contribution in [0.15, 0.2) is 42.6 Å². The molecule has 1 aromatic carbocycles. The van der Waals surface area contributed by atoms with Gasteiger partial charge >= 0.3 is 0 Å². The molecule has 1 N–H and O–H groups in total. The predicted molar refractivity (Wildman–Crippen MR) is 108 cm³/mol. The van der Waals surface area contributed by atoms with Gasteiger partial charge in [0.05, 0.1) is 23.2 Å². The van der Waals surface area contributed by atoms with E-state index in [0.29, 0.717) is 30.1 Å². The maximum Gasteiger partial charge on any atom is 0.257 e. The topological polar surface area (TPSA) is 77.6 Å². The molecule has 3 heterocycles. The number of hydrogen-bond acceptors (Lipinski definition) is 4. The third-order valence-corrected chi connectivity index (χ3v) is 4.69. The van der Waals surface area contributed by atoms with Crippen molar-refractivity contribution in [3.05, 3.63) is 70.9 Å². The van der Waals surface area contributed by atoms with E-state index in [0.717, 1.165) is 22.3 Å². The number of carbonyl (C=O) groups is 1. The zero-order chi connectivity index (χ0) is 20.5. The molecule has 0 saturated heterocycles. The zero-order valence-corrected chi connectivity index (χ0v) is 16.5. The number of rotatable bonds is 5. The number of carbonyl (C=O) groups excluding carboxylic acids is 1. The fourth-order valence-electron chi connectivity index (χ4n) is 3.36. The van der Waals surface area contributed by atoms with E-state index in [9.17, 15) is 9.18 Å². The molecule has 0 aliphatic carbocycles. The Morgan fingerprint density at radius 1 is 1.14 bits per heavy atom. The summed E-state index contributed by atoms with van der Waals surface area (Å²) >= 11 is 0. The van der Waals surface area contributed by atoms with Crippen LogP contribution >= 0.6 is 0 Å². The minimum atomic E-state index is -0.275. The van der Waals surface area contributed by atoms with Crippen molar-refractivity contribution in [2.45, 2.75) is 33.9 Å². The average molecular weight is 392 g/mol. The first-order chi connectivity index (χ1) is 13.9. The summed E-state index contributed by atoms with van der Waals surface area (Å²) in [5.74, 6) is -0.0886. The molecule has 3 aromatic heterocycles. The van der Waals surface area contributed by atoms with Crippen LogP contribution in [0.1, 0.15) is 34.2 Å². The van der Waals surface area contributed by atoms with E-state index in [1.807, 2.05) is 20.8 Å². The summed E-state index contributed by atoms with van der Waals surface area (Å²) in [6.45, 7) is 6.88. The van der Waals surface area contributed by atoms with Crippen molar-refractivity contribution in [3.63, 3.8) is 0 Å². The maximum atomic E-state index is 13.0. The monoisotopic (exact) mass is 392 g/mol. The number of nitrogens with zero attached hydrogens (tertiary/aromatic N) is 5. The Morgan fingerprint density at radius 3 is 2.62 bits per heavy atom. The molecule has 0 aliphatic heterocycles. The highest BCUT2D eigenvalue weighted by Crippen LogP contribution is 2.23. The second-order valence-electron chi connectivity index (χ2n) is 6.89. The smallest absolute Gasteiger partial charge is 0.257 e. The van der Waals surface area contributed by atoms with Gasteiger partial charge in [-0.1, -0.05) is 12.1 Å². The third kappa shape index (κ3) is 3.73. The Kier molecular flexibility index (Phi) is 4.84. The van der Waals surface area contributed by atoms with Gasteiger partial charge in [-0.25, -0.2) is 14.1 Å². The summed E-state index contributed by atoms with van der Waals surface area (Å²) in [7, 11) is 0. The van der Waals surface area contributed by atoms with Gasteiger partial charge in [0.25, 0.3) is 5.91 Å². The number of fused-ring (bicyclic) bond motifs is 1. The molecule has 0 atom stereocenters. The largest absolute Gasteiger partial charge is 0.305 e. The molecule has 29 heavy (non-hydrogen) atoms. The van der Waals surface area contributed by atoms with Crippen molar-refractivity contribution in [1.82, 2.24) is 24.5 Å². The highest BCUT2D eigenvalue weighted by atomic mass is 19.1. The number of halogens is 1. The van der Waals surface area contributed by atoms with Crippen LogP contribution in [0.2, 0.25) is 0 Å². The molecule has 0 saturated carbocycles. The molecule has 0 bridgehead atoms. The second-order valence-corrected chi connectivity index (χ2v) is 6.89. The Bertz CT molecular complexity index is 1190. The molecule has 0 fully saturated rings. The lowest BCUT2D eigenvalue weighted by Crippen LogP contribution is -2.14. The number of hydrogen-bond donors (Lipinski definition) is 1. The third-order valence-electron chi connectivity index (χ3n) is 4.69. The predicted octanol–water partition coefficient (Wildman–Crippen LogP) is 3.70. The molecule has 7 nitrogen and oxygen atoms in total. The molecule has 148 valence electrons. The van der Waals surface area contributed by atoms with Gasteiger partial charge in [-0.2, -0.15) is 10.2 Å². The van der Waals surface area contributed by atoms with Gasteiger partial charge in [0.1, 0.15) is 5.82 Å². The van der Waals surface area contributed by atoms with Gasteiger partial charge in [-0.05, 0) is 44.5 Å². The van der Waals surface area contributed by atoms with E-state index < -0.39 is 0 Å². The van der Waals surface area contributed by atoms with Gasteiger partial charge in [-0.15, -0.1) is 0 Å². The molecule has 4 rings (SSSR count). The summed E-state index contributed by atoms with van der Waals surface area (Å²) in [4.78, 5) is 17.5. The van der Waals surface area contributed by atoms with E-state index in [2.05, 4.69) is 20.5 Å². The van der Waals surface area contributed by atoms with Crippen molar-refractivity contribution in [2.75, 3.05) is 5.32 Å². The van der Waals surface area contributed by atoms with Crippen LogP contribution in [0.3, 0.4) is 0 Å². The van der Waals surface area contributed by atoms with Crippen LogP contribution in [-0.2, 0) is 13.1 Å². The van der Waals surface area contributed by atoms with Crippen molar-refractivity contribution in [1.29, 1.82) is 0 Å². The summed E-state index contributed by atoms with van der Waals surface area (Å²) in [6.07, 6.45) is 1.77. The van der Waals surface area contributed by atoms with Gasteiger partial charge in [0.15, 0.2) is 11.5 Å². The van der Waals surface area contributed by atoms with Crippen LogP contribution in [0, 0.1) is 19.7 Å². The fraction of sp³-hybridized carbons (Fsp3) is 0.238. The van der Waals surface area contributed by atoms with E-state index in [-0.39, 0.29) is 11.7 Å². The van der Waals surface area contributed by atoms with Crippen LogP contribution in [-0.4, -0.2) is 30.5 Å². The number of aryl methyl sites for hydroxylation is 3. The lowest BCUT2D eigenvalue weighted by Gasteiger charge is -2.06. The lowest BCUT2D eigenvalue weighted by atomic mass is 10.1. The average Bonchev–Trinajstić information content (AvgIpc) is 3.26. The molecule has 4 aromatic rings. The van der Waals surface area contributed by atoms with E-state index >= 15 is 0 Å². The number of aromatic nitrogens is 5. The minimum Gasteiger partial charge on any atom is -0.305 e. The zero-order valence-electron chi connectivity index (χ0n) is 16.5. The fourth-order valence-corrected chi connectivity index (χ4v) is 3.36.